The van der Waals surface area contributed by atoms with Crippen molar-refractivity contribution in [2.24, 2.45) is 5.92 Å². The molecule has 0 radical (unpaired) electrons. The standard InChI is InChI=1S/C13H21N3O2.ClH/c1-3-18-13(17)11-9(2)15-16-12(11)14-8-10-6-4-5-7-10;/h10H,3-8H2,1-2H3,(H2,14,15,16);1H. The molecule has 0 aromatic carbocycles. The SMILES string of the molecule is CCOC(=O)c1c(NCC2CCCC2)n[nH]c1C.Cl. The summed E-state index contributed by atoms with van der Waals surface area (Å²) < 4.78 is 5.04. The van der Waals surface area contributed by atoms with Gasteiger partial charge < -0.3 is 10.1 Å². The summed E-state index contributed by atoms with van der Waals surface area (Å²) in [6, 6.07) is 0. The van der Waals surface area contributed by atoms with Crippen LogP contribution in [0.3, 0.4) is 0 Å². The molecule has 0 aliphatic heterocycles. The highest BCUT2D eigenvalue weighted by molar-refractivity contribution is 5.95. The van der Waals surface area contributed by atoms with Crippen LogP contribution in [0.25, 0.3) is 0 Å². The van der Waals surface area contributed by atoms with E-state index in [-0.39, 0.29) is 18.4 Å². The van der Waals surface area contributed by atoms with Gasteiger partial charge in [0.05, 0.1) is 6.61 Å². The quantitative estimate of drug-likeness (QED) is 0.817. The van der Waals surface area contributed by atoms with Crippen LogP contribution in [0.1, 0.15) is 48.7 Å². The highest BCUT2D eigenvalue weighted by atomic mass is 35.5. The van der Waals surface area contributed by atoms with Crippen LogP contribution in [0, 0.1) is 12.8 Å². The van der Waals surface area contributed by atoms with Gasteiger partial charge in [0, 0.05) is 12.2 Å². The minimum Gasteiger partial charge on any atom is -0.462 e. The predicted octanol–water partition coefficient (Wildman–Crippen LogP) is 2.92. The zero-order valence-corrected chi connectivity index (χ0v) is 12.3. The Bertz CT molecular complexity index is 414. The normalized spacial score (nSPS) is 15.1. The number of nitrogens with zero attached hydrogens (tertiary/aromatic N) is 1. The lowest BCUT2D eigenvalue weighted by Crippen LogP contribution is -2.14. The molecule has 108 valence electrons. The number of hydrogen-bond donors (Lipinski definition) is 2. The van der Waals surface area contributed by atoms with Crippen LogP contribution in [-0.2, 0) is 4.74 Å². The number of esters is 1. The summed E-state index contributed by atoms with van der Waals surface area (Å²) in [5.41, 5.74) is 1.29. The minimum absolute atomic E-state index is 0. The third kappa shape index (κ3) is 3.86. The molecule has 0 amide bonds. The molecule has 0 atom stereocenters. The molecule has 2 rings (SSSR count). The molecule has 19 heavy (non-hydrogen) atoms. The number of nitrogens with one attached hydrogen (secondary N) is 2. The second-order valence-corrected chi connectivity index (χ2v) is 4.82. The number of H-pyrrole nitrogens is 1. The summed E-state index contributed by atoms with van der Waals surface area (Å²) in [5.74, 6) is 1.02. The lowest BCUT2D eigenvalue weighted by molar-refractivity contribution is 0.0526. The van der Waals surface area contributed by atoms with E-state index in [9.17, 15) is 4.79 Å². The van der Waals surface area contributed by atoms with Crippen molar-refractivity contribution in [2.45, 2.75) is 39.5 Å². The van der Waals surface area contributed by atoms with Crippen LogP contribution >= 0.6 is 12.4 Å². The van der Waals surface area contributed by atoms with E-state index in [2.05, 4.69) is 15.5 Å². The van der Waals surface area contributed by atoms with Crippen LogP contribution in [-0.4, -0.2) is 29.3 Å². The van der Waals surface area contributed by atoms with Crippen LogP contribution in [0.5, 0.6) is 0 Å². The van der Waals surface area contributed by atoms with E-state index < -0.39 is 0 Å². The van der Waals surface area contributed by atoms with E-state index in [4.69, 9.17) is 4.74 Å². The summed E-state index contributed by atoms with van der Waals surface area (Å²) in [4.78, 5) is 11.8. The maximum atomic E-state index is 11.8. The number of aromatic nitrogens is 2. The molecule has 1 aliphatic rings. The van der Waals surface area contributed by atoms with Crippen molar-refractivity contribution in [2.75, 3.05) is 18.5 Å². The lowest BCUT2D eigenvalue weighted by Gasteiger charge is -2.11. The van der Waals surface area contributed by atoms with Gasteiger partial charge in [-0.1, -0.05) is 12.8 Å². The van der Waals surface area contributed by atoms with Crippen molar-refractivity contribution in [1.82, 2.24) is 10.2 Å². The predicted molar refractivity (Wildman–Crippen MR) is 77.0 cm³/mol. The van der Waals surface area contributed by atoms with Crippen molar-refractivity contribution in [1.29, 1.82) is 0 Å². The highest BCUT2D eigenvalue weighted by Gasteiger charge is 2.21. The average Bonchev–Trinajstić information content (AvgIpc) is 2.96. The first-order chi connectivity index (χ1) is 8.72. The van der Waals surface area contributed by atoms with Gasteiger partial charge >= 0.3 is 5.97 Å². The molecular formula is C13H22ClN3O2. The summed E-state index contributed by atoms with van der Waals surface area (Å²) in [6.45, 7) is 4.90. The number of hydrogen-bond acceptors (Lipinski definition) is 4. The Balaban J connectivity index is 0.00000180. The number of carbonyl (C=O) groups is 1. The summed E-state index contributed by atoms with van der Waals surface area (Å²) in [5, 5.41) is 10.3. The van der Waals surface area contributed by atoms with Gasteiger partial charge in [-0.05, 0) is 32.6 Å². The maximum absolute atomic E-state index is 11.8. The summed E-state index contributed by atoms with van der Waals surface area (Å²) in [6.07, 6.45) is 5.17. The largest absolute Gasteiger partial charge is 0.462 e. The first-order valence-electron chi connectivity index (χ1n) is 6.68. The fourth-order valence-corrected chi connectivity index (χ4v) is 2.47. The van der Waals surface area contributed by atoms with Gasteiger partial charge in [0.15, 0.2) is 5.82 Å². The lowest BCUT2D eigenvalue weighted by atomic mass is 10.1. The van der Waals surface area contributed by atoms with E-state index in [1.165, 1.54) is 25.7 Å². The zero-order chi connectivity index (χ0) is 13.0. The second kappa shape index (κ2) is 7.38. The van der Waals surface area contributed by atoms with E-state index in [0.29, 0.717) is 23.9 Å². The van der Waals surface area contributed by atoms with Gasteiger partial charge in [0.25, 0.3) is 0 Å². The number of halogens is 1. The molecule has 1 saturated carbocycles. The number of ether oxygens (including phenoxy) is 1. The highest BCUT2D eigenvalue weighted by Crippen LogP contribution is 2.25. The van der Waals surface area contributed by atoms with Crippen LogP contribution in [0.4, 0.5) is 5.82 Å². The Labute approximate surface area is 119 Å². The number of rotatable bonds is 5. The molecule has 1 aromatic rings. The van der Waals surface area contributed by atoms with Crippen LogP contribution < -0.4 is 5.32 Å². The fourth-order valence-electron chi connectivity index (χ4n) is 2.47. The molecule has 1 heterocycles. The Morgan fingerprint density at radius 1 is 1.47 bits per heavy atom. The third-order valence-corrected chi connectivity index (χ3v) is 3.46. The number of anilines is 1. The first-order valence-corrected chi connectivity index (χ1v) is 6.68. The van der Waals surface area contributed by atoms with Gasteiger partial charge in [-0.2, -0.15) is 5.10 Å². The molecule has 5 nitrogen and oxygen atoms in total. The maximum Gasteiger partial charge on any atom is 0.343 e. The molecule has 1 aliphatic carbocycles. The molecule has 0 spiro atoms. The Kier molecular flexibility index (Phi) is 6.15. The summed E-state index contributed by atoms with van der Waals surface area (Å²) >= 11 is 0. The van der Waals surface area contributed by atoms with Gasteiger partial charge in [-0.3, -0.25) is 5.10 Å². The van der Waals surface area contributed by atoms with Crippen molar-refractivity contribution >= 4 is 24.2 Å². The van der Waals surface area contributed by atoms with Crippen LogP contribution in [0.15, 0.2) is 0 Å². The van der Waals surface area contributed by atoms with Crippen molar-refractivity contribution < 1.29 is 9.53 Å². The van der Waals surface area contributed by atoms with E-state index in [1.54, 1.807) is 6.92 Å². The Hall–Kier alpha value is -1.23. The molecule has 0 saturated heterocycles. The Morgan fingerprint density at radius 3 is 2.79 bits per heavy atom. The van der Waals surface area contributed by atoms with Gasteiger partial charge in [-0.15, -0.1) is 12.4 Å². The topological polar surface area (TPSA) is 67.0 Å². The fraction of sp³-hybridized carbons (Fsp3) is 0.692. The zero-order valence-electron chi connectivity index (χ0n) is 11.5. The molecule has 0 unspecified atom stereocenters. The number of aromatic amines is 1. The van der Waals surface area contributed by atoms with E-state index >= 15 is 0 Å². The number of carbonyl (C=O) groups excluding carboxylic acids is 1. The minimum atomic E-state index is -0.308. The average molecular weight is 288 g/mol. The van der Waals surface area contributed by atoms with Gasteiger partial charge in [0.1, 0.15) is 5.56 Å². The van der Waals surface area contributed by atoms with Gasteiger partial charge in [-0.25, -0.2) is 4.79 Å². The first kappa shape index (κ1) is 15.8. The molecule has 2 N–H and O–H groups in total. The third-order valence-electron chi connectivity index (χ3n) is 3.46. The van der Waals surface area contributed by atoms with Crippen LogP contribution in [0.2, 0.25) is 0 Å². The number of aryl methyl sites for hydroxylation is 1. The summed E-state index contributed by atoms with van der Waals surface area (Å²) in [7, 11) is 0. The smallest absolute Gasteiger partial charge is 0.343 e. The molecular weight excluding hydrogens is 266 g/mol. The van der Waals surface area contributed by atoms with E-state index in [0.717, 1.165) is 12.2 Å². The Morgan fingerprint density at radius 2 is 2.16 bits per heavy atom. The monoisotopic (exact) mass is 287 g/mol. The van der Waals surface area contributed by atoms with E-state index in [1.807, 2.05) is 6.92 Å². The van der Waals surface area contributed by atoms with Crippen molar-refractivity contribution in [3.63, 3.8) is 0 Å². The molecule has 6 heteroatoms. The van der Waals surface area contributed by atoms with Gasteiger partial charge in [0.2, 0.25) is 0 Å². The second-order valence-electron chi connectivity index (χ2n) is 4.82. The molecule has 0 bridgehead atoms. The molecule has 1 fully saturated rings. The van der Waals surface area contributed by atoms with Crippen molar-refractivity contribution in [3.8, 4) is 0 Å². The molecule has 1 aromatic heterocycles. The van der Waals surface area contributed by atoms with Crippen molar-refractivity contribution in [3.05, 3.63) is 11.3 Å².